The van der Waals surface area contributed by atoms with Gasteiger partial charge in [0.25, 0.3) is 5.91 Å². The third-order valence-corrected chi connectivity index (χ3v) is 7.85. The van der Waals surface area contributed by atoms with E-state index in [1.807, 2.05) is 39.9 Å². The number of carbonyl (C=O) groups is 2. The molecule has 2 aromatic rings. The number of rotatable bonds is 5. The number of piperidine rings is 2. The van der Waals surface area contributed by atoms with Crippen molar-refractivity contribution < 1.29 is 9.59 Å². The Hall–Kier alpha value is -2.63. The van der Waals surface area contributed by atoms with E-state index in [1.54, 1.807) is 12.5 Å². The molecule has 2 atom stereocenters. The molecule has 0 bridgehead atoms. The molecule has 1 aromatic carbocycles. The largest absolute Gasteiger partial charge is 0.339 e. The van der Waals surface area contributed by atoms with Gasteiger partial charge in [0, 0.05) is 55.7 Å². The summed E-state index contributed by atoms with van der Waals surface area (Å²) in [7, 11) is 0. The Morgan fingerprint density at radius 1 is 1.03 bits per heavy atom. The Labute approximate surface area is 190 Å². The SMILES string of the molecule is O=C(c1ccc(-n2ccnc2)cc1)N1CC[C@@H]2[C@@H](CCC(=O)N2CCC2CCCCC2)C1. The number of likely N-dealkylation sites (tertiary alicyclic amines) is 2. The van der Waals surface area contributed by atoms with E-state index in [1.165, 1.54) is 32.1 Å². The molecule has 2 amide bonds. The average Bonchev–Trinajstić information content (AvgIpc) is 3.38. The molecule has 5 rings (SSSR count). The first kappa shape index (κ1) is 21.2. The van der Waals surface area contributed by atoms with E-state index >= 15 is 0 Å². The van der Waals surface area contributed by atoms with E-state index in [9.17, 15) is 9.59 Å². The van der Waals surface area contributed by atoms with Gasteiger partial charge in [-0.3, -0.25) is 9.59 Å². The molecule has 0 N–H and O–H groups in total. The summed E-state index contributed by atoms with van der Waals surface area (Å²) in [5.74, 6) is 1.63. The van der Waals surface area contributed by atoms with Crippen LogP contribution in [0.4, 0.5) is 0 Å². The van der Waals surface area contributed by atoms with Gasteiger partial charge in [-0.25, -0.2) is 4.98 Å². The minimum atomic E-state index is 0.103. The summed E-state index contributed by atoms with van der Waals surface area (Å²) in [6.07, 6.45) is 15.7. The molecule has 1 saturated carbocycles. The molecule has 6 heteroatoms. The van der Waals surface area contributed by atoms with E-state index in [-0.39, 0.29) is 5.91 Å². The number of amides is 2. The Kier molecular flexibility index (Phi) is 6.28. The lowest BCUT2D eigenvalue weighted by Gasteiger charge is -2.47. The van der Waals surface area contributed by atoms with Gasteiger partial charge in [0.05, 0.1) is 6.33 Å². The van der Waals surface area contributed by atoms with Crippen LogP contribution in [0.15, 0.2) is 43.0 Å². The fourth-order valence-electron chi connectivity index (χ4n) is 5.99. The highest BCUT2D eigenvalue weighted by atomic mass is 16.2. The summed E-state index contributed by atoms with van der Waals surface area (Å²) in [4.78, 5) is 34.2. The zero-order valence-electron chi connectivity index (χ0n) is 18.9. The molecule has 0 radical (unpaired) electrons. The van der Waals surface area contributed by atoms with Gasteiger partial charge in [-0.2, -0.15) is 0 Å². The highest BCUT2D eigenvalue weighted by Crippen LogP contribution is 2.34. The second-order valence-electron chi connectivity index (χ2n) is 9.80. The predicted octanol–water partition coefficient (Wildman–Crippen LogP) is 4.30. The maximum Gasteiger partial charge on any atom is 0.253 e. The molecule has 1 aromatic heterocycles. The van der Waals surface area contributed by atoms with Crippen LogP contribution in [0.3, 0.4) is 0 Å². The topological polar surface area (TPSA) is 58.4 Å². The summed E-state index contributed by atoms with van der Waals surface area (Å²) in [5.41, 5.74) is 1.73. The molecule has 2 saturated heterocycles. The van der Waals surface area contributed by atoms with E-state index in [4.69, 9.17) is 0 Å². The maximum atomic E-state index is 13.2. The van der Waals surface area contributed by atoms with Crippen molar-refractivity contribution in [1.82, 2.24) is 19.4 Å². The van der Waals surface area contributed by atoms with Gasteiger partial charge in [0.1, 0.15) is 0 Å². The molecular formula is C26H34N4O2. The second kappa shape index (κ2) is 9.47. The zero-order chi connectivity index (χ0) is 21.9. The molecule has 3 heterocycles. The van der Waals surface area contributed by atoms with Crippen molar-refractivity contribution in [2.45, 2.75) is 63.8 Å². The Balaban J connectivity index is 1.20. The van der Waals surface area contributed by atoms with Gasteiger partial charge in [-0.05, 0) is 55.4 Å². The van der Waals surface area contributed by atoms with Crippen LogP contribution in [-0.2, 0) is 4.79 Å². The highest BCUT2D eigenvalue weighted by molar-refractivity contribution is 5.94. The molecule has 3 fully saturated rings. The standard InChI is InChI=1S/C26H34N4O2/c31-25-11-8-22-18-28(15-13-24(22)30(25)16-12-20-4-2-1-3-5-20)26(32)21-6-9-23(10-7-21)29-17-14-27-19-29/h6-7,9-10,14,17,19-20,22,24H,1-5,8,11-13,15-16,18H2/t22-,24+/m0/s1. The van der Waals surface area contributed by atoms with Crippen molar-refractivity contribution in [1.29, 1.82) is 0 Å². The van der Waals surface area contributed by atoms with Crippen LogP contribution >= 0.6 is 0 Å². The minimum absolute atomic E-state index is 0.103. The summed E-state index contributed by atoms with van der Waals surface area (Å²) in [5, 5.41) is 0. The maximum absolute atomic E-state index is 13.2. The molecule has 1 aliphatic carbocycles. The van der Waals surface area contributed by atoms with Gasteiger partial charge >= 0.3 is 0 Å². The fraction of sp³-hybridized carbons (Fsp3) is 0.577. The molecule has 3 aliphatic rings. The van der Waals surface area contributed by atoms with E-state index in [0.29, 0.717) is 24.3 Å². The number of benzene rings is 1. The lowest BCUT2D eigenvalue weighted by Crippen LogP contribution is -2.57. The number of carbonyl (C=O) groups excluding carboxylic acids is 2. The van der Waals surface area contributed by atoms with Crippen molar-refractivity contribution in [2.75, 3.05) is 19.6 Å². The van der Waals surface area contributed by atoms with Crippen LogP contribution in [0, 0.1) is 11.8 Å². The molecule has 0 unspecified atom stereocenters. The number of hydrogen-bond acceptors (Lipinski definition) is 3. The molecule has 170 valence electrons. The number of nitrogens with zero attached hydrogens (tertiary/aromatic N) is 4. The third-order valence-electron chi connectivity index (χ3n) is 7.85. The summed E-state index contributed by atoms with van der Waals surface area (Å²) < 4.78 is 1.93. The monoisotopic (exact) mass is 434 g/mol. The van der Waals surface area contributed by atoms with Gasteiger partial charge in [0.2, 0.25) is 5.91 Å². The summed E-state index contributed by atoms with van der Waals surface area (Å²) in [6.45, 7) is 2.41. The number of fused-ring (bicyclic) bond motifs is 1. The van der Waals surface area contributed by atoms with Crippen LogP contribution in [0.1, 0.15) is 68.1 Å². The van der Waals surface area contributed by atoms with Crippen molar-refractivity contribution in [3.05, 3.63) is 48.5 Å². The van der Waals surface area contributed by atoms with Gasteiger partial charge in [-0.15, -0.1) is 0 Å². The number of imidazole rings is 1. The predicted molar refractivity (Wildman–Crippen MR) is 124 cm³/mol. The van der Waals surface area contributed by atoms with Crippen LogP contribution in [0.2, 0.25) is 0 Å². The molecule has 32 heavy (non-hydrogen) atoms. The van der Waals surface area contributed by atoms with Crippen LogP contribution < -0.4 is 0 Å². The normalized spacial score (nSPS) is 24.4. The second-order valence-corrected chi connectivity index (χ2v) is 9.80. The Morgan fingerprint density at radius 2 is 1.84 bits per heavy atom. The highest BCUT2D eigenvalue weighted by Gasteiger charge is 2.40. The number of hydrogen-bond donors (Lipinski definition) is 0. The van der Waals surface area contributed by atoms with Crippen LogP contribution in [0.5, 0.6) is 0 Å². The molecular weight excluding hydrogens is 400 g/mol. The van der Waals surface area contributed by atoms with Gasteiger partial charge in [-0.1, -0.05) is 32.1 Å². The van der Waals surface area contributed by atoms with E-state index in [2.05, 4.69) is 9.88 Å². The molecule has 2 aliphatic heterocycles. The first-order valence-corrected chi connectivity index (χ1v) is 12.4. The Morgan fingerprint density at radius 3 is 2.59 bits per heavy atom. The van der Waals surface area contributed by atoms with Crippen molar-refractivity contribution >= 4 is 11.8 Å². The van der Waals surface area contributed by atoms with E-state index in [0.717, 1.165) is 56.1 Å². The van der Waals surface area contributed by atoms with Gasteiger partial charge < -0.3 is 14.4 Å². The lowest BCUT2D eigenvalue weighted by molar-refractivity contribution is -0.140. The quantitative estimate of drug-likeness (QED) is 0.705. The van der Waals surface area contributed by atoms with Gasteiger partial charge in [0.15, 0.2) is 0 Å². The van der Waals surface area contributed by atoms with Crippen molar-refractivity contribution in [3.63, 3.8) is 0 Å². The van der Waals surface area contributed by atoms with Crippen LogP contribution in [0.25, 0.3) is 5.69 Å². The Bertz CT molecular complexity index is 918. The van der Waals surface area contributed by atoms with E-state index < -0.39 is 0 Å². The zero-order valence-corrected chi connectivity index (χ0v) is 18.9. The first-order valence-electron chi connectivity index (χ1n) is 12.4. The third kappa shape index (κ3) is 4.45. The minimum Gasteiger partial charge on any atom is -0.339 e. The molecule has 6 nitrogen and oxygen atoms in total. The van der Waals surface area contributed by atoms with Crippen molar-refractivity contribution in [2.24, 2.45) is 11.8 Å². The van der Waals surface area contributed by atoms with Crippen molar-refractivity contribution in [3.8, 4) is 5.69 Å². The average molecular weight is 435 g/mol. The fourth-order valence-corrected chi connectivity index (χ4v) is 5.99. The molecule has 0 spiro atoms. The first-order chi connectivity index (χ1) is 15.7. The number of aromatic nitrogens is 2. The smallest absolute Gasteiger partial charge is 0.253 e. The summed E-state index contributed by atoms with van der Waals surface area (Å²) in [6, 6.07) is 8.06. The van der Waals surface area contributed by atoms with Crippen LogP contribution in [-0.4, -0.2) is 56.8 Å². The lowest BCUT2D eigenvalue weighted by atomic mass is 9.82. The summed E-state index contributed by atoms with van der Waals surface area (Å²) >= 11 is 0.